The minimum absolute atomic E-state index is 0.0899. The zero-order valence-corrected chi connectivity index (χ0v) is 17.8. The van der Waals surface area contributed by atoms with Gasteiger partial charge in [0, 0.05) is 23.5 Å². The van der Waals surface area contributed by atoms with E-state index in [1.54, 1.807) is 4.90 Å². The first-order chi connectivity index (χ1) is 15.1. The molecule has 1 aliphatic heterocycles. The van der Waals surface area contributed by atoms with Crippen LogP contribution < -0.4 is 5.32 Å². The van der Waals surface area contributed by atoms with Gasteiger partial charge in [-0.05, 0) is 54.2 Å². The quantitative estimate of drug-likeness (QED) is 0.656. The van der Waals surface area contributed by atoms with Crippen LogP contribution >= 0.6 is 11.6 Å². The number of hydrogen-bond acceptors (Lipinski definition) is 3. The standard InChI is InChI=1S/C25H22ClN3O2/c26-20-10-3-1-6-16(20)14-17-7-5-9-19-23(25(31)29-13-12-27-22(30)15-29)18-8-2-4-11-21(18)28-24(17)19/h1-4,6,8,10-11,14H,5,7,9,12-13,15H2,(H,27,30)/b17-14+. The van der Waals surface area contributed by atoms with Crippen molar-refractivity contribution in [1.29, 1.82) is 0 Å². The van der Waals surface area contributed by atoms with Crippen molar-refractivity contribution < 1.29 is 9.59 Å². The highest BCUT2D eigenvalue weighted by Gasteiger charge is 2.29. The number of carbonyl (C=O) groups excluding carboxylic acids is 2. The average molecular weight is 432 g/mol. The van der Waals surface area contributed by atoms with E-state index in [1.807, 2.05) is 48.5 Å². The molecule has 0 saturated carbocycles. The van der Waals surface area contributed by atoms with Gasteiger partial charge in [0.15, 0.2) is 0 Å². The second kappa shape index (κ2) is 8.16. The van der Waals surface area contributed by atoms with E-state index >= 15 is 0 Å². The lowest BCUT2D eigenvalue weighted by Gasteiger charge is -2.29. The number of fused-ring (bicyclic) bond motifs is 2. The van der Waals surface area contributed by atoms with Crippen molar-refractivity contribution in [3.05, 3.63) is 75.9 Å². The summed E-state index contributed by atoms with van der Waals surface area (Å²) in [5.41, 5.74) is 5.35. The van der Waals surface area contributed by atoms with E-state index in [9.17, 15) is 9.59 Å². The van der Waals surface area contributed by atoms with Crippen molar-refractivity contribution in [1.82, 2.24) is 15.2 Å². The van der Waals surface area contributed by atoms with Crippen LogP contribution in [0.3, 0.4) is 0 Å². The summed E-state index contributed by atoms with van der Waals surface area (Å²) in [6.07, 6.45) is 4.69. The molecule has 156 valence electrons. The minimum Gasteiger partial charge on any atom is -0.353 e. The molecule has 2 heterocycles. The maximum absolute atomic E-state index is 13.6. The molecule has 31 heavy (non-hydrogen) atoms. The lowest BCUT2D eigenvalue weighted by Crippen LogP contribution is -2.50. The second-order valence-electron chi connectivity index (χ2n) is 7.95. The van der Waals surface area contributed by atoms with Crippen LogP contribution in [-0.2, 0) is 11.2 Å². The van der Waals surface area contributed by atoms with Crippen molar-refractivity contribution in [3.63, 3.8) is 0 Å². The van der Waals surface area contributed by atoms with Gasteiger partial charge in [-0.2, -0.15) is 0 Å². The predicted octanol–water partition coefficient (Wildman–Crippen LogP) is 4.34. The number of para-hydroxylation sites is 1. The Labute approximate surface area is 185 Å². The highest BCUT2D eigenvalue weighted by Crippen LogP contribution is 2.37. The van der Waals surface area contributed by atoms with Crippen LogP contribution in [0, 0.1) is 0 Å². The van der Waals surface area contributed by atoms with Crippen LogP contribution in [0.4, 0.5) is 0 Å². The molecule has 0 unspecified atom stereocenters. The molecule has 0 bridgehead atoms. The molecule has 1 aliphatic carbocycles. The third-order valence-corrected chi connectivity index (χ3v) is 6.29. The molecule has 2 aromatic carbocycles. The molecule has 2 aliphatic rings. The Balaban J connectivity index is 1.69. The number of carbonyl (C=O) groups is 2. The second-order valence-corrected chi connectivity index (χ2v) is 8.36. The van der Waals surface area contributed by atoms with E-state index in [1.165, 1.54) is 0 Å². The summed E-state index contributed by atoms with van der Waals surface area (Å²) < 4.78 is 0. The van der Waals surface area contributed by atoms with Crippen molar-refractivity contribution in [2.75, 3.05) is 19.6 Å². The molecular formula is C25H22ClN3O2. The smallest absolute Gasteiger partial charge is 0.255 e. The largest absolute Gasteiger partial charge is 0.353 e. The lowest BCUT2D eigenvalue weighted by molar-refractivity contribution is -0.123. The number of amides is 2. The molecule has 6 heteroatoms. The fraction of sp³-hybridized carbons (Fsp3) is 0.240. The van der Waals surface area contributed by atoms with Gasteiger partial charge in [-0.25, -0.2) is 4.98 Å². The number of rotatable bonds is 2. The molecular weight excluding hydrogens is 410 g/mol. The minimum atomic E-state index is -0.119. The summed E-state index contributed by atoms with van der Waals surface area (Å²) in [6, 6.07) is 15.5. The maximum atomic E-state index is 13.6. The molecule has 1 aromatic heterocycles. The van der Waals surface area contributed by atoms with Crippen LogP contribution in [0.1, 0.15) is 40.0 Å². The van der Waals surface area contributed by atoms with Gasteiger partial charge in [-0.15, -0.1) is 0 Å². The van der Waals surface area contributed by atoms with Crippen LogP contribution in [0.15, 0.2) is 48.5 Å². The highest BCUT2D eigenvalue weighted by atomic mass is 35.5. The third kappa shape index (κ3) is 3.70. The summed E-state index contributed by atoms with van der Waals surface area (Å²) in [5, 5.41) is 4.33. The monoisotopic (exact) mass is 431 g/mol. The summed E-state index contributed by atoms with van der Waals surface area (Å²) in [6.45, 7) is 1.08. The van der Waals surface area contributed by atoms with Gasteiger partial charge in [0.05, 0.1) is 23.3 Å². The van der Waals surface area contributed by atoms with Gasteiger partial charge < -0.3 is 10.2 Å². The predicted molar refractivity (Wildman–Crippen MR) is 123 cm³/mol. The van der Waals surface area contributed by atoms with E-state index < -0.39 is 0 Å². The Kier molecular flexibility index (Phi) is 5.20. The Morgan fingerprint density at radius 1 is 1.10 bits per heavy atom. The van der Waals surface area contributed by atoms with E-state index in [0.29, 0.717) is 23.7 Å². The summed E-state index contributed by atoms with van der Waals surface area (Å²) in [4.78, 5) is 32.1. The van der Waals surface area contributed by atoms with E-state index in [2.05, 4.69) is 11.4 Å². The number of piperazine rings is 1. The first-order valence-electron chi connectivity index (χ1n) is 10.5. The van der Waals surface area contributed by atoms with Crippen molar-refractivity contribution in [3.8, 4) is 0 Å². The van der Waals surface area contributed by atoms with Crippen molar-refractivity contribution >= 4 is 46.0 Å². The summed E-state index contributed by atoms with van der Waals surface area (Å²) in [5.74, 6) is -0.213. The molecule has 2 amide bonds. The first-order valence-corrected chi connectivity index (χ1v) is 10.9. The fourth-order valence-corrected chi connectivity index (χ4v) is 4.66. The number of nitrogens with one attached hydrogen (secondary N) is 1. The molecule has 1 N–H and O–H groups in total. The van der Waals surface area contributed by atoms with E-state index in [-0.39, 0.29) is 18.4 Å². The number of allylic oxidation sites excluding steroid dienone is 1. The van der Waals surface area contributed by atoms with Gasteiger partial charge in [-0.3, -0.25) is 9.59 Å². The van der Waals surface area contributed by atoms with Gasteiger partial charge in [-0.1, -0.05) is 48.0 Å². The Hall–Kier alpha value is -3.18. The fourth-order valence-electron chi connectivity index (χ4n) is 4.47. The van der Waals surface area contributed by atoms with Crippen molar-refractivity contribution in [2.45, 2.75) is 19.3 Å². The SMILES string of the molecule is O=C1CN(C(=O)c2c3c(nc4ccccc24)/C(=C/c2ccccc2Cl)CCC3)CCN1. The van der Waals surface area contributed by atoms with Crippen LogP contribution in [0.2, 0.25) is 5.02 Å². The van der Waals surface area contributed by atoms with Crippen LogP contribution in [0.5, 0.6) is 0 Å². The first kappa shape index (κ1) is 19.8. The van der Waals surface area contributed by atoms with Crippen LogP contribution in [-0.4, -0.2) is 41.3 Å². The van der Waals surface area contributed by atoms with Crippen LogP contribution in [0.25, 0.3) is 22.6 Å². The molecule has 1 fully saturated rings. The maximum Gasteiger partial charge on any atom is 0.255 e. The topological polar surface area (TPSA) is 62.3 Å². The molecule has 3 aromatic rings. The zero-order chi connectivity index (χ0) is 21.4. The normalized spacial score (nSPS) is 17.5. The Bertz CT molecular complexity index is 1230. The summed E-state index contributed by atoms with van der Waals surface area (Å²) in [7, 11) is 0. The third-order valence-electron chi connectivity index (χ3n) is 5.94. The van der Waals surface area contributed by atoms with Gasteiger partial charge in [0.2, 0.25) is 5.91 Å². The summed E-state index contributed by atoms with van der Waals surface area (Å²) >= 11 is 6.40. The molecule has 5 nitrogen and oxygen atoms in total. The number of halogens is 1. The molecule has 0 radical (unpaired) electrons. The number of pyridine rings is 1. The number of nitrogens with zero attached hydrogens (tertiary/aromatic N) is 2. The van der Waals surface area contributed by atoms with E-state index in [0.717, 1.165) is 52.6 Å². The zero-order valence-electron chi connectivity index (χ0n) is 17.0. The van der Waals surface area contributed by atoms with Gasteiger partial charge in [0.25, 0.3) is 5.91 Å². The van der Waals surface area contributed by atoms with Gasteiger partial charge >= 0.3 is 0 Å². The lowest BCUT2D eigenvalue weighted by atomic mass is 9.85. The van der Waals surface area contributed by atoms with Gasteiger partial charge in [0.1, 0.15) is 0 Å². The molecule has 1 saturated heterocycles. The Morgan fingerprint density at radius 2 is 1.90 bits per heavy atom. The average Bonchev–Trinajstić information content (AvgIpc) is 2.79. The molecule has 0 spiro atoms. The number of benzene rings is 2. The molecule has 5 rings (SSSR count). The van der Waals surface area contributed by atoms with Crippen molar-refractivity contribution in [2.24, 2.45) is 0 Å². The van der Waals surface area contributed by atoms with E-state index in [4.69, 9.17) is 16.6 Å². The molecule has 0 atom stereocenters. The Morgan fingerprint density at radius 3 is 2.74 bits per heavy atom. The highest BCUT2D eigenvalue weighted by molar-refractivity contribution is 6.32. The number of aromatic nitrogens is 1. The number of hydrogen-bond donors (Lipinski definition) is 1.